The van der Waals surface area contributed by atoms with Crippen molar-refractivity contribution in [1.82, 2.24) is 9.97 Å². The van der Waals surface area contributed by atoms with E-state index in [0.29, 0.717) is 17.6 Å². The molecular formula is C19H19N3O2S. The Morgan fingerprint density at radius 2 is 2.04 bits per heavy atom. The maximum absolute atomic E-state index is 12.8. The fraction of sp³-hybridized carbons (Fsp3) is 0.316. The van der Waals surface area contributed by atoms with E-state index >= 15 is 0 Å². The summed E-state index contributed by atoms with van der Waals surface area (Å²) < 4.78 is 0. The van der Waals surface area contributed by atoms with E-state index in [9.17, 15) is 4.79 Å². The zero-order valence-electron chi connectivity index (χ0n) is 14.4. The number of H-pyrrole nitrogens is 1. The van der Waals surface area contributed by atoms with E-state index in [1.807, 2.05) is 13.8 Å². The number of aryl methyl sites for hydroxylation is 2. The Bertz CT molecular complexity index is 1030. The number of thiophene rings is 1. The lowest BCUT2D eigenvalue weighted by atomic mass is 10.0. The Morgan fingerprint density at radius 1 is 1.28 bits per heavy atom. The van der Waals surface area contributed by atoms with Crippen LogP contribution in [0.4, 0.5) is 0 Å². The molecule has 2 aromatic heterocycles. The first kappa shape index (κ1) is 16.0. The fourth-order valence-corrected chi connectivity index (χ4v) is 4.19. The highest BCUT2D eigenvalue weighted by atomic mass is 32.1. The van der Waals surface area contributed by atoms with Crippen LogP contribution in [-0.2, 0) is 4.84 Å². The van der Waals surface area contributed by atoms with E-state index in [1.54, 1.807) is 11.3 Å². The van der Waals surface area contributed by atoms with Crippen LogP contribution in [0, 0.1) is 13.8 Å². The Hall–Kier alpha value is -2.47. The molecule has 3 heterocycles. The summed E-state index contributed by atoms with van der Waals surface area (Å²) >= 11 is 1.55. The first-order chi connectivity index (χ1) is 12.1. The molecule has 3 aromatic rings. The first-order valence-electron chi connectivity index (χ1n) is 8.38. The average Bonchev–Trinajstić information content (AvgIpc) is 3.20. The second kappa shape index (κ2) is 6.11. The maximum atomic E-state index is 12.8. The largest absolute Gasteiger partial charge is 0.384 e. The zero-order valence-corrected chi connectivity index (χ0v) is 15.2. The molecule has 1 atom stereocenters. The summed E-state index contributed by atoms with van der Waals surface area (Å²) in [5.74, 6) is 0.557. The third-order valence-electron chi connectivity index (χ3n) is 4.54. The van der Waals surface area contributed by atoms with Gasteiger partial charge in [-0.15, -0.1) is 11.3 Å². The van der Waals surface area contributed by atoms with E-state index in [2.05, 4.69) is 46.3 Å². The van der Waals surface area contributed by atoms with Gasteiger partial charge >= 0.3 is 0 Å². The molecule has 25 heavy (non-hydrogen) atoms. The van der Waals surface area contributed by atoms with Crippen molar-refractivity contribution in [2.75, 3.05) is 0 Å². The molecule has 0 radical (unpaired) electrons. The molecule has 0 saturated carbocycles. The molecule has 1 aliphatic heterocycles. The van der Waals surface area contributed by atoms with Crippen LogP contribution in [0.25, 0.3) is 21.3 Å². The van der Waals surface area contributed by atoms with Gasteiger partial charge in [0.1, 0.15) is 4.83 Å². The molecule has 0 aliphatic carbocycles. The average molecular weight is 353 g/mol. The van der Waals surface area contributed by atoms with Crippen LogP contribution in [0.2, 0.25) is 0 Å². The Morgan fingerprint density at radius 3 is 2.72 bits per heavy atom. The third kappa shape index (κ3) is 2.76. The van der Waals surface area contributed by atoms with Gasteiger partial charge in [0.15, 0.2) is 11.9 Å². The second-order valence-electron chi connectivity index (χ2n) is 6.34. The lowest BCUT2D eigenvalue weighted by Crippen LogP contribution is -2.14. The predicted molar refractivity (Wildman–Crippen MR) is 101 cm³/mol. The third-order valence-corrected chi connectivity index (χ3v) is 5.54. The highest BCUT2D eigenvalue weighted by Gasteiger charge is 2.26. The summed E-state index contributed by atoms with van der Waals surface area (Å²) in [6.45, 7) is 6.13. The molecule has 1 N–H and O–H groups in total. The number of rotatable bonds is 3. The van der Waals surface area contributed by atoms with Crippen molar-refractivity contribution in [3.05, 3.63) is 50.9 Å². The summed E-state index contributed by atoms with van der Waals surface area (Å²) in [7, 11) is 0. The van der Waals surface area contributed by atoms with Gasteiger partial charge in [-0.1, -0.05) is 41.9 Å². The van der Waals surface area contributed by atoms with Gasteiger partial charge in [0.25, 0.3) is 5.56 Å². The van der Waals surface area contributed by atoms with Gasteiger partial charge in [-0.25, -0.2) is 4.98 Å². The summed E-state index contributed by atoms with van der Waals surface area (Å²) in [5.41, 5.74) is 4.09. The first-order valence-corrected chi connectivity index (χ1v) is 9.20. The van der Waals surface area contributed by atoms with Crippen molar-refractivity contribution in [2.24, 2.45) is 5.16 Å². The van der Waals surface area contributed by atoms with Gasteiger partial charge in [0, 0.05) is 16.9 Å². The molecule has 4 rings (SSSR count). The number of nitrogens with zero attached hydrogens (tertiary/aromatic N) is 2. The Labute approximate surface area is 149 Å². The number of nitrogens with one attached hydrogen (secondary N) is 1. The normalized spacial score (nSPS) is 16.9. The smallest absolute Gasteiger partial charge is 0.260 e. The van der Waals surface area contributed by atoms with Crippen molar-refractivity contribution in [3.63, 3.8) is 0 Å². The molecule has 0 spiro atoms. The topological polar surface area (TPSA) is 67.3 Å². The number of benzene rings is 1. The number of aromatic nitrogens is 2. The monoisotopic (exact) mass is 353 g/mol. The van der Waals surface area contributed by atoms with Gasteiger partial charge in [-0.05, 0) is 25.8 Å². The molecule has 5 nitrogen and oxygen atoms in total. The molecule has 1 aromatic carbocycles. The minimum Gasteiger partial charge on any atom is -0.384 e. The van der Waals surface area contributed by atoms with E-state index in [1.165, 1.54) is 5.56 Å². The summed E-state index contributed by atoms with van der Waals surface area (Å²) in [4.78, 5) is 27.7. The number of hydrogen-bond donors (Lipinski definition) is 1. The Kier molecular flexibility index (Phi) is 3.92. The number of hydrogen-bond acceptors (Lipinski definition) is 5. The van der Waals surface area contributed by atoms with Gasteiger partial charge in [0.2, 0.25) is 0 Å². The summed E-state index contributed by atoms with van der Waals surface area (Å²) in [6, 6.07) is 8.23. The lowest BCUT2D eigenvalue weighted by molar-refractivity contribution is 0.0792. The van der Waals surface area contributed by atoms with Crippen LogP contribution in [0.5, 0.6) is 0 Å². The number of aromatic amines is 1. The van der Waals surface area contributed by atoms with Crippen molar-refractivity contribution in [1.29, 1.82) is 0 Å². The van der Waals surface area contributed by atoms with Gasteiger partial charge in [0.05, 0.1) is 11.1 Å². The molecule has 0 fully saturated rings. The molecule has 6 heteroatoms. The lowest BCUT2D eigenvalue weighted by Gasteiger charge is -2.07. The van der Waals surface area contributed by atoms with Gasteiger partial charge in [-0.3, -0.25) is 4.79 Å². The second-order valence-corrected chi connectivity index (χ2v) is 7.54. The summed E-state index contributed by atoms with van der Waals surface area (Å²) in [5, 5.41) is 4.72. The van der Waals surface area contributed by atoms with E-state index in [-0.39, 0.29) is 11.7 Å². The molecule has 1 unspecified atom stereocenters. The van der Waals surface area contributed by atoms with Crippen LogP contribution in [-0.4, -0.2) is 15.7 Å². The summed E-state index contributed by atoms with van der Waals surface area (Å²) in [6.07, 6.45) is 1.23. The van der Waals surface area contributed by atoms with Gasteiger partial charge in [-0.2, -0.15) is 0 Å². The molecule has 0 bridgehead atoms. The Balaban J connectivity index is 1.82. The zero-order chi connectivity index (χ0) is 17.6. The number of oxime groups is 1. The number of fused-ring (bicyclic) bond motifs is 1. The van der Waals surface area contributed by atoms with Crippen molar-refractivity contribution >= 4 is 27.3 Å². The van der Waals surface area contributed by atoms with Crippen LogP contribution in [0.1, 0.15) is 42.1 Å². The van der Waals surface area contributed by atoms with Gasteiger partial charge < -0.3 is 9.82 Å². The highest BCUT2D eigenvalue weighted by molar-refractivity contribution is 7.19. The van der Waals surface area contributed by atoms with E-state index in [0.717, 1.165) is 33.0 Å². The van der Waals surface area contributed by atoms with Crippen LogP contribution >= 0.6 is 11.3 Å². The van der Waals surface area contributed by atoms with Crippen LogP contribution < -0.4 is 5.56 Å². The maximum Gasteiger partial charge on any atom is 0.260 e. The van der Waals surface area contributed by atoms with Crippen molar-refractivity contribution in [2.45, 2.75) is 39.7 Å². The molecule has 128 valence electrons. The van der Waals surface area contributed by atoms with Crippen LogP contribution in [0.3, 0.4) is 0 Å². The molecule has 0 saturated heterocycles. The molecular weight excluding hydrogens is 334 g/mol. The van der Waals surface area contributed by atoms with Crippen molar-refractivity contribution in [3.8, 4) is 11.1 Å². The fourth-order valence-electron chi connectivity index (χ4n) is 3.14. The SMILES string of the molecule is CCC1=NOC(c2nc3sc(C)c(-c4ccc(C)cc4)c3c(=O)[nH]2)C1. The van der Waals surface area contributed by atoms with E-state index < -0.39 is 0 Å². The highest BCUT2D eigenvalue weighted by Crippen LogP contribution is 2.36. The minimum absolute atomic E-state index is 0.117. The molecule has 0 amide bonds. The molecule has 1 aliphatic rings. The standard InChI is InChI=1S/C19H19N3O2S/c1-4-13-9-14(24-22-13)17-20-18(23)16-15(11(3)25-19(16)21-17)12-7-5-10(2)6-8-12/h5-8,14H,4,9H2,1-3H3,(H,20,21,23). The quantitative estimate of drug-likeness (QED) is 0.754. The van der Waals surface area contributed by atoms with Crippen molar-refractivity contribution < 1.29 is 4.84 Å². The van der Waals surface area contributed by atoms with E-state index in [4.69, 9.17) is 4.84 Å². The van der Waals surface area contributed by atoms with Crippen LogP contribution in [0.15, 0.2) is 34.2 Å². The minimum atomic E-state index is -0.294. The predicted octanol–water partition coefficient (Wildman–Crippen LogP) is 4.50.